The van der Waals surface area contributed by atoms with Crippen LogP contribution >= 0.6 is 0 Å². The molecule has 0 saturated carbocycles. The number of anilines is 1. The van der Waals surface area contributed by atoms with Gasteiger partial charge in [-0.2, -0.15) is 0 Å². The van der Waals surface area contributed by atoms with E-state index in [2.05, 4.69) is 9.62 Å². The molecular formula is C18H25N3O3S. The van der Waals surface area contributed by atoms with Crippen LogP contribution in [0.4, 0.5) is 5.69 Å². The highest BCUT2D eigenvalue weighted by atomic mass is 32.2. The zero-order valence-corrected chi connectivity index (χ0v) is 15.4. The third kappa shape index (κ3) is 6.38. The normalized spacial score (nSPS) is 11.6. The third-order valence-electron chi connectivity index (χ3n) is 3.63. The van der Waals surface area contributed by atoms with Crippen molar-refractivity contribution in [1.82, 2.24) is 9.62 Å². The van der Waals surface area contributed by atoms with Crippen LogP contribution in [-0.2, 0) is 16.4 Å². The first-order valence-corrected chi connectivity index (χ1v) is 9.57. The molecule has 0 unspecified atom stereocenters. The highest BCUT2D eigenvalue weighted by Gasteiger charge is 2.12. The van der Waals surface area contributed by atoms with Gasteiger partial charge in [0, 0.05) is 18.8 Å². The van der Waals surface area contributed by atoms with Crippen molar-refractivity contribution in [3.8, 4) is 5.75 Å². The maximum Gasteiger partial charge on any atom is 0.240 e. The molecule has 0 heterocycles. The molecule has 0 aliphatic carbocycles. The second kappa shape index (κ2) is 8.84. The molecule has 0 amide bonds. The van der Waals surface area contributed by atoms with E-state index in [1.807, 2.05) is 38.4 Å². The SMILES string of the molecule is CN(C)CCOc1ccc(CCNS(=O)(=O)c2ccc(N)cc2)cc1. The molecular weight excluding hydrogens is 338 g/mol. The Morgan fingerprint density at radius 2 is 1.68 bits per heavy atom. The van der Waals surface area contributed by atoms with Crippen molar-refractivity contribution in [2.45, 2.75) is 11.3 Å². The van der Waals surface area contributed by atoms with Gasteiger partial charge in [0.05, 0.1) is 4.90 Å². The number of hydrogen-bond acceptors (Lipinski definition) is 5. The topological polar surface area (TPSA) is 84.7 Å². The van der Waals surface area contributed by atoms with Crippen molar-refractivity contribution in [1.29, 1.82) is 0 Å². The minimum absolute atomic E-state index is 0.214. The second-order valence-corrected chi connectivity index (χ2v) is 7.78. The fourth-order valence-corrected chi connectivity index (χ4v) is 3.19. The van der Waals surface area contributed by atoms with Crippen LogP contribution in [0.3, 0.4) is 0 Å². The summed E-state index contributed by atoms with van der Waals surface area (Å²) in [5, 5.41) is 0. The molecule has 2 rings (SSSR count). The molecule has 3 N–H and O–H groups in total. The van der Waals surface area contributed by atoms with Gasteiger partial charge in [-0.15, -0.1) is 0 Å². The van der Waals surface area contributed by atoms with Crippen LogP contribution in [0.5, 0.6) is 5.75 Å². The van der Waals surface area contributed by atoms with Crippen LogP contribution < -0.4 is 15.2 Å². The molecule has 25 heavy (non-hydrogen) atoms. The maximum absolute atomic E-state index is 12.2. The van der Waals surface area contributed by atoms with E-state index >= 15 is 0 Å². The molecule has 0 aliphatic heterocycles. The number of benzene rings is 2. The Balaban J connectivity index is 1.82. The number of nitrogens with one attached hydrogen (secondary N) is 1. The quantitative estimate of drug-likeness (QED) is 0.663. The predicted octanol–water partition coefficient (Wildman–Crippen LogP) is 1.73. The summed E-state index contributed by atoms with van der Waals surface area (Å²) < 4.78 is 32.6. The Hall–Kier alpha value is -2.09. The number of hydrogen-bond donors (Lipinski definition) is 2. The van der Waals surface area contributed by atoms with E-state index in [-0.39, 0.29) is 4.90 Å². The van der Waals surface area contributed by atoms with Crippen LogP contribution in [0.2, 0.25) is 0 Å². The van der Waals surface area contributed by atoms with Gasteiger partial charge in [0.2, 0.25) is 10.0 Å². The van der Waals surface area contributed by atoms with Crippen LogP contribution in [0.25, 0.3) is 0 Å². The van der Waals surface area contributed by atoms with Gasteiger partial charge in [0.15, 0.2) is 0 Å². The van der Waals surface area contributed by atoms with Crippen LogP contribution in [0.15, 0.2) is 53.4 Å². The summed E-state index contributed by atoms with van der Waals surface area (Å²) in [6.45, 7) is 1.82. The Kier molecular flexibility index (Phi) is 6.81. The fraction of sp³-hybridized carbons (Fsp3) is 0.333. The van der Waals surface area contributed by atoms with E-state index < -0.39 is 10.0 Å². The summed E-state index contributed by atoms with van der Waals surface area (Å²) in [5.41, 5.74) is 7.15. The molecule has 0 spiro atoms. The smallest absolute Gasteiger partial charge is 0.240 e. The minimum Gasteiger partial charge on any atom is -0.492 e. The van der Waals surface area contributed by atoms with Crippen molar-refractivity contribution in [2.24, 2.45) is 0 Å². The zero-order valence-electron chi connectivity index (χ0n) is 14.6. The molecule has 2 aromatic rings. The number of likely N-dealkylation sites (N-methyl/N-ethyl adjacent to an activating group) is 1. The summed E-state index contributed by atoms with van der Waals surface area (Å²) >= 11 is 0. The molecule has 0 aromatic heterocycles. The van der Waals surface area contributed by atoms with E-state index in [0.29, 0.717) is 25.3 Å². The van der Waals surface area contributed by atoms with Crippen molar-refractivity contribution in [2.75, 3.05) is 39.5 Å². The average molecular weight is 363 g/mol. The van der Waals surface area contributed by atoms with Crippen molar-refractivity contribution in [3.05, 3.63) is 54.1 Å². The summed E-state index contributed by atoms with van der Waals surface area (Å²) in [6.07, 6.45) is 0.603. The number of nitrogen functional groups attached to an aromatic ring is 1. The van der Waals surface area contributed by atoms with E-state index in [0.717, 1.165) is 17.9 Å². The monoisotopic (exact) mass is 363 g/mol. The molecule has 0 atom stereocenters. The number of sulfonamides is 1. The summed E-state index contributed by atoms with van der Waals surface area (Å²) in [7, 11) is 0.485. The first-order valence-electron chi connectivity index (χ1n) is 8.08. The Bertz CT molecular complexity index is 757. The van der Waals surface area contributed by atoms with Gasteiger partial charge in [-0.3, -0.25) is 0 Å². The van der Waals surface area contributed by atoms with E-state index in [1.54, 1.807) is 12.1 Å². The average Bonchev–Trinajstić information content (AvgIpc) is 2.56. The minimum atomic E-state index is -3.51. The highest BCUT2D eigenvalue weighted by molar-refractivity contribution is 7.89. The summed E-state index contributed by atoms with van der Waals surface area (Å²) in [4.78, 5) is 2.27. The molecule has 0 saturated heterocycles. The highest BCUT2D eigenvalue weighted by Crippen LogP contribution is 2.14. The lowest BCUT2D eigenvalue weighted by atomic mass is 10.1. The first kappa shape index (κ1) is 19.2. The number of ether oxygens (including phenoxy) is 1. The molecule has 0 radical (unpaired) electrons. The van der Waals surface area contributed by atoms with Crippen LogP contribution in [-0.4, -0.2) is 47.1 Å². The van der Waals surface area contributed by atoms with Gasteiger partial charge in [0.1, 0.15) is 12.4 Å². The number of rotatable bonds is 9. The number of nitrogens with zero attached hydrogens (tertiary/aromatic N) is 1. The van der Waals surface area contributed by atoms with Gasteiger partial charge in [-0.05, 0) is 62.5 Å². The first-order chi connectivity index (χ1) is 11.9. The van der Waals surface area contributed by atoms with Gasteiger partial charge in [0.25, 0.3) is 0 Å². The Morgan fingerprint density at radius 3 is 2.28 bits per heavy atom. The van der Waals surface area contributed by atoms with Crippen LogP contribution in [0, 0.1) is 0 Å². The van der Waals surface area contributed by atoms with Gasteiger partial charge in [-0.25, -0.2) is 13.1 Å². The Labute approximate surface area is 149 Å². The number of nitrogens with two attached hydrogens (primary N) is 1. The largest absolute Gasteiger partial charge is 0.492 e. The van der Waals surface area contributed by atoms with Gasteiger partial charge in [-0.1, -0.05) is 12.1 Å². The molecule has 7 heteroatoms. The van der Waals surface area contributed by atoms with E-state index in [9.17, 15) is 8.42 Å². The zero-order chi connectivity index (χ0) is 18.3. The predicted molar refractivity (Wildman–Crippen MR) is 100 cm³/mol. The summed E-state index contributed by atoms with van der Waals surface area (Å²) in [6, 6.07) is 13.8. The van der Waals surface area contributed by atoms with Crippen molar-refractivity contribution < 1.29 is 13.2 Å². The molecule has 0 bridgehead atoms. The maximum atomic E-state index is 12.2. The lowest BCUT2D eigenvalue weighted by molar-refractivity contribution is 0.261. The Morgan fingerprint density at radius 1 is 1.04 bits per heavy atom. The van der Waals surface area contributed by atoms with E-state index in [1.165, 1.54) is 12.1 Å². The molecule has 136 valence electrons. The lowest BCUT2D eigenvalue weighted by Crippen LogP contribution is -2.26. The summed E-state index contributed by atoms with van der Waals surface area (Å²) in [5.74, 6) is 0.813. The van der Waals surface area contributed by atoms with Crippen LogP contribution in [0.1, 0.15) is 5.56 Å². The van der Waals surface area contributed by atoms with Crippen molar-refractivity contribution in [3.63, 3.8) is 0 Å². The fourth-order valence-electron chi connectivity index (χ4n) is 2.16. The van der Waals surface area contributed by atoms with E-state index in [4.69, 9.17) is 10.5 Å². The second-order valence-electron chi connectivity index (χ2n) is 6.01. The van der Waals surface area contributed by atoms with Gasteiger partial charge >= 0.3 is 0 Å². The molecule has 0 aliphatic rings. The lowest BCUT2D eigenvalue weighted by Gasteiger charge is -2.11. The third-order valence-corrected chi connectivity index (χ3v) is 5.10. The van der Waals surface area contributed by atoms with Gasteiger partial charge < -0.3 is 15.4 Å². The molecule has 2 aromatic carbocycles. The molecule has 6 nitrogen and oxygen atoms in total. The molecule has 0 fully saturated rings. The standard InChI is InChI=1S/C18H25N3O3S/c1-21(2)13-14-24-17-7-3-15(4-8-17)11-12-20-25(22,23)18-9-5-16(19)6-10-18/h3-10,20H,11-14,19H2,1-2H3. The van der Waals surface area contributed by atoms with Crippen molar-refractivity contribution >= 4 is 15.7 Å².